The summed E-state index contributed by atoms with van der Waals surface area (Å²) in [5.41, 5.74) is 7.79. The van der Waals surface area contributed by atoms with Crippen LogP contribution in [0.15, 0.2) is 46.2 Å². The Morgan fingerprint density at radius 3 is 2.95 bits per heavy atom. The average molecular weight is 336 g/mol. The molecule has 104 valence electrons. The van der Waals surface area contributed by atoms with Crippen LogP contribution in [0.3, 0.4) is 0 Å². The van der Waals surface area contributed by atoms with Gasteiger partial charge in [-0.05, 0) is 36.8 Å². The molecule has 2 rings (SSSR count). The fourth-order valence-corrected chi connectivity index (χ4v) is 2.24. The van der Waals surface area contributed by atoms with Gasteiger partial charge in [0.2, 0.25) is 0 Å². The van der Waals surface area contributed by atoms with Gasteiger partial charge in [-0.1, -0.05) is 27.2 Å². The van der Waals surface area contributed by atoms with Crippen LogP contribution in [-0.2, 0) is 6.61 Å². The van der Waals surface area contributed by atoms with Gasteiger partial charge in [0.1, 0.15) is 18.1 Å². The van der Waals surface area contributed by atoms with Gasteiger partial charge >= 0.3 is 0 Å². The van der Waals surface area contributed by atoms with Gasteiger partial charge < -0.3 is 15.7 Å². The van der Waals surface area contributed by atoms with E-state index < -0.39 is 0 Å². The van der Waals surface area contributed by atoms with Gasteiger partial charge in [-0.3, -0.25) is 4.98 Å². The second kappa shape index (κ2) is 6.38. The zero-order valence-electron chi connectivity index (χ0n) is 10.9. The molecule has 0 saturated heterocycles. The van der Waals surface area contributed by atoms with E-state index in [1.54, 1.807) is 12.3 Å². The van der Waals surface area contributed by atoms with E-state index in [4.69, 9.17) is 15.7 Å². The summed E-state index contributed by atoms with van der Waals surface area (Å²) in [6, 6.07) is 9.38. The number of nitrogens with two attached hydrogens (primary N) is 1. The molecule has 0 atom stereocenters. The number of pyridine rings is 1. The largest absolute Gasteiger partial charge is 0.489 e. The Balaban J connectivity index is 2.19. The van der Waals surface area contributed by atoms with E-state index in [0.717, 1.165) is 21.3 Å². The Labute approximate surface area is 125 Å². The SMILES string of the molecule is Cc1cc(Br)ccc1OCc1cccnc1C(N)=NO. The highest BCUT2D eigenvalue weighted by atomic mass is 79.9. The Morgan fingerprint density at radius 1 is 1.45 bits per heavy atom. The van der Waals surface area contributed by atoms with E-state index >= 15 is 0 Å². The third-order valence-corrected chi connectivity index (χ3v) is 3.26. The summed E-state index contributed by atoms with van der Waals surface area (Å²) in [5.74, 6) is 0.749. The highest BCUT2D eigenvalue weighted by Gasteiger charge is 2.09. The van der Waals surface area contributed by atoms with Crippen LogP contribution in [0.2, 0.25) is 0 Å². The Hall–Kier alpha value is -2.08. The molecule has 1 aromatic heterocycles. The average Bonchev–Trinajstić information content (AvgIpc) is 2.46. The summed E-state index contributed by atoms with van der Waals surface area (Å²) in [7, 11) is 0. The minimum atomic E-state index is -0.0308. The highest BCUT2D eigenvalue weighted by Crippen LogP contribution is 2.23. The van der Waals surface area contributed by atoms with Crippen LogP contribution in [0.4, 0.5) is 0 Å². The van der Waals surface area contributed by atoms with E-state index in [1.807, 2.05) is 31.2 Å². The van der Waals surface area contributed by atoms with Crippen molar-refractivity contribution in [1.29, 1.82) is 0 Å². The van der Waals surface area contributed by atoms with Gasteiger partial charge in [-0.25, -0.2) is 0 Å². The molecular weight excluding hydrogens is 322 g/mol. The molecule has 0 radical (unpaired) electrons. The number of nitrogens with zero attached hydrogens (tertiary/aromatic N) is 2. The Morgan fingerprint density at radius 2 is 2.25 bits per heavy atom. The molecule has 0 amide bonds. The van der Waals surface area contributed by atoms with Gasteiger partial charge in [0, 0.05) is 16.2 Å². The lowest BCUT2D eigenvalue weighted by atomic mass is 10.2. The van der Waals surface area contributed by atoms with E-state index in [0.29, 0.717) is 12.3 Å². The van der Waals surface area contributed by atoms with Gasteiger partial charge in [-0.2, -0.15) is 0 Å². The van der Waals surface area contributed by atoms with Gasteiger partial charge in [0.25, 0.3) is 0 Å². The number of halogens is 1. The molecule has 0 aliphatic rings. The quantitative estimate of drug-likeness (QED) is 0.389. The van der Waals surface area contributed by atoms with Gasteiger partial charge in [0.15, 0.2) is 5.84 Å². The number of benzene rings is 1. The number of amidine groups is 1. The zero-order valence-corrected chi connectivity index (χ0v) is 12.5. The van der Waals surface area contributed by atoms with Crippen LogP contribution < -0.4 is 10.5 Å². The van der Waals surface area contributed by atoms with Crippen LogP contribution in [0.1, 0.15) is 16.8 Å². The summed E-state index contributed by atoms with van der Waals surface area (Å²) < 4.78 is 6.76. The molecule has 0 saturated carbocycles. The molecule has 1 aromatic carbocycles. The normalized spacial score (nSPS) is 11.4. The summed E-state index contributed by atoms with van der Waals surface area (Å²) in [4.78, 5) is 4.09. The van der Waals surface area contributed by atoms with Crippen molar-refractivity contribution in [3.8, 4) is 5.75 Å². The van der Waals surface area contributed by atoms with Crippen molar-refractivity contribution in [2.24, 2.45) is 10.9 Å². The smallest absolute Gasteiger partial charge is 0.189 e. The van der Waals surface area contributed by atoms with Crippen molar-refractivity contribution in [3.05, 3.63) is 57.8 Å². The van der Waals surface area contributed by atoms with Crippen LogP contribution >= 0.6 is 15.9 Å². The summed E-state index contributed by atoms with van der Waals surface area (Å²) in [5, 5.41) is 11.7. The maximum absolute atomic E-state index is 8.75. The Kier molecular flexibility index (Phi) is 4.57. The first-order valence-corrected chi connectivity index (χ1v) is 6.72. The molecule has 20 heavy (non-hydrogen) atoms. The van der Waals surface area contributed by atoms with Crippen molar-refractivity contribution in [3.63, 3.8) is 0 Å². The summed E-state index contributed by atoms with van der Waals surface area (Å²) >= 11 is 3.41. The zero-order chi connectivity index (χ0) is 14.5. The minimum absolute atomic E-state index is 0.0308. The second-order valence-electron chi connectivity index (χ2n) is 4.19. The van der Waals surface area contributed by atoms with Crippen LogP contribution in [0.5, 0.6) is 5.75 Å². The first-order chi connectivity index (χ1) is 9.61. The van der Waals surface area contributed by atoms with Gasteiger partial charge in [0.05, 0.1) is 0 Å². The molecule has 3 N–H and O–H groups in total. The minimum Gasteiger partial charge on any atom is -0.489 e. The second-order valence-corrected chi connectivity index (χ2v) is 5.11. The van der Waals surface area contributed by atoms with E-state index in [2.05, 4.69) is 26.1 Å². The van der Waals surface area contributed by atoms with E-state index in [9.17, 15) is 0 Å². The molecule has 0 spiro atoms. The summed E-state index contributed by atoms with van der Waals surface area (Å²) in [6.45, 7) is 2.26. The van der Waals surface area contributed by atoms with Crippen molar-refractivity contribution >= 4 is 21.8 Å². The molecular formula is C14H14BrN3O2. The number of hydrogen-bond donors (Lipinski definition) is 2. The van der Waals surface area contributed by atoms with Crippen LogP contribution in [-0.4, -0.2) is 16.0 Å². The van der Waals surface area contributed by atoms with Crippen molar-refractivity contribution < 1.29 is 9.94 Å². The molecule has 0 aliphatic carbocycles. The molecule has 0 bridgehead atoms. The van der Waals surface area contributed by atoms with Crippen LogP contribution in [0.25, 0.3) is 0 Å². The number of hydrogen-bond acceptors (Lipinski definition) is 4. The molecule has 2 aromatic rings. The fraction of sp³-hybridized carbons (Fsp3) is 0.143. The van der Waals surface area contributed by atoms with Crippen molar-refractivity contribution in [1.82, 2.24) is 4.98 Å². The first kappa shape index (κ1) is 14.3. The lowest BCUT2D eigenvalue weighted by molar-refractivity contribution is 0.302. The number of aromatic nitrogens is 1. The predicted octanol–water partition coefficient (Wildman–Crippen LogP) is 2.83. The third kappa shape index (κ3) is 3.27. The molecule has 0 fully saturated rings. The maximum atomic E-state index is 8.75. The molecule has 0 aliphatic heterocycles. The third-order valence-electron chi connectivity index (χ3n) is 2.76. The lowest BCUT2D eigenvalue weighted by Gasteiger charge is -2.11. The molecule has 5 nitrogen and oxygen atoms in total. The number of rotatable bonds is 4. The standard InChI is InChI=1S/C14H14BrN3O2/c1-9-7-11(15)4-5-12(9)20-8-10-3-2-6-17-13(10)14(16)18-19/h2-7,19H,8H2,1H3,(H2,16,18). The van der Waals surface area contributed by atoms with Gasteiger partial charge in [-0.15, -0.1) is 0 Å². The number of oxime groups is 1. The summed E-state index contributed by atoms with van der Waals surface area (Å²) in [6.07, 6.45) is 1.59. The fourth-order valence-electron chi connectivity index (χ4n) is 1.76. The topological polar surface area (TPSA) is 80.7 Å². The van der Waals surface area contributed by atoms with E-state index in [1.165, 1.54) is 0 Å². The number of aryl methyl sites for hydroxylation is 1. The Bertz CT molecular complexity index is 644. The lowest BCUT2D eigenvalue weighted by Crippen LogP contribution is -2.18. The van der Waals surface area contributed by atoms with E-state index in [-0.39, 0.29) is 5.84 Å². The monoisotopic (exact) mass is 335 g/mol. The predicted molar refractivity (Wildman–Crippen MR) is 80.0 cm³/mol. The molecule has 6 heteroatoms. The van der Waals surface area contributed by atoms with Crippen LogP contribution in [0, 0.1) is 6.92 Å². The highest BCUT2D eigenvalue weighted by molar-refractivity contribution is 9.10. The van der Waals surface area contributed by atoms with Crippen molar-refractivity contribution in [2.75, 3.05) is 0 Å². The molecule has 1 heterocycles. The number of ether oxygens (including phenoxy) is 1. The molecule has 0 unspecified atom stereocenters. The maximum Gasteiger partial charge on any atom is 0.189 e. The first-order valence-electron chi connectivity index (χ1n) is 5.92. The van der Waals surface area contributed by atoms with Crippen molar-refractivity contribution in [2.45, 2.75) is 13.5 Å².